The number of hydrogen-bond donors (Lipinski definition) is 1. The van der Waals surface area contributed by atoms with E-state index < -0.39 is 0 Å². The van der Waals surface area contributed by atoms with Gasteiger partial charge in [0.1, 0.15) is 11.5 Å². The second kappa shape index (κ2) is 6.05. The largest absolute Gasteiger partial charge is 0.465 e. The number of rotatable bonds is 5. The number of amides is 1. The lowest BCUT2D eigenvalue weighted by atomic mass is 10.2. The third-order valence-electron chi connectivity index (χ3n) is 3.18. The van der Waals surface area contributed by atoms with Crippen LogP contribution in [0.5, 0.6) is 0 Å². The van der Waals surface area contributed by atoms with Gasteiger partial charge in [-0.25, -0.2) is 0 Å². The number of carbonyl (C=O) groups is 1. The number of aryl methyl sites for hydroxylation is 1. The second-order valence-corrected chi connectivity index (χ2v) is 5.10. The SMILES string of the molecule is Cc1ccc([C@@H](C)N[C@H](C)C(=O)N(C)C(C)C)o1. The van der Waals surface area contributed by atoms with Crippen LogP contribution in [0.15, 0.2) is 16.5 Å². The Kier molecular flexibility index (Phi) is 4.96. The Labute approximate surface area is 109 Å². The Morgan fingerprint density at radius 1 is 1.28 bits per heavy atom. The van der Waals surface area contributed by atoms with Crippen LogP contribution in [0.1, 0.15) is 45.3 Å². The molecule has 1 N–H and O–H groups in total. The molecule has 0 radical (unpaired) electrons. The van der Waals surface area contributed by atoms with Crippen LogP contribution in [-0.4, -0.2) is 29.9 Å². The van der Waals surface area contributed by atoms with Crippen molar-refractivity contribution >= 4 is 5.91 Å². The summed E-state index contributed by atoms with van der Waals surface area (Å²) in [5.74, 6) is 1.84. The predicted octanol–water partition coefficient (Wildman–Crippen LogP) is 2.49. The number of likely N-dealkylation sites (N-methyl/N-ethyl adjacent to an activating group) is 1. The molecule has 0 saturated carbocycles. The fraction of sp³-hybridized carbons (Fsp3) is 0.643. The third-order valence-corrected chi connectivity index (χ3v) is 3.18. The van der Waals surface area contributed by atoms with Gasteiger partial charge in [-0.2, -0.15) is 0 Å². The van der Waals surface area contributed by atoms with E-state index in [1.54, 1.807) is 4.90 Å². The van der Waals surface area contributed by atoms with Crippen molar-refractivity contribution in [3.8, 4) is 0 Å². The first kappa shape index (κ1) is 14.8. The van der Waals surface area contributed by atoms with Crippen LogP contribution in [0.2, 0.25) is 0 Å². The van der Waals surface area contributed by atoms with Gasteiger partial charge in [0.25, 0.3) is 0 Å². The molecule has 4 nitrogen and oxygen atoms in total. The molecule has 4 heteroatoms. The van der Waals surface area contributed by atoms with Crippen molar-refractivity contribution in [2.24, 2.45) is 0 Å². The summed E-state index contributed by atoms with van der Waals surface area (Å²) in [7, 11) is 1.83. The Bertz CT molecular complexity index is 398. The topological polar surface area (TPSA) is 45.5 Å². The zero-order valence-electron chi connectivity index (χ0n) is 12.2. The van der Waals surface area contributed by atoms with Crippen LogP contribution in [0, 0.1) is 6.92 Å². The summed E-state index contributed by atoms with van der Waals surface area (Å²) in [5, 5.41) is 3.26. The zero-order valence-corrected chi connectivity index (χ0v) is 12.2. The minimum Gasteiger partial charge on any atom is -0.465 e. The lowest BCUT2D eigenvalue weighted by Crippen LogP contribution is -2.46. The molecule has 2 atom stereocenters. The standard InChI is InChI=1S/C14H24N2O2/c1-9(2)16(6)14(17)12(5)15-11(4)13-8-7-10(3)18-13/h7-9,11-12,15H,1-6H3/t11-,12-/m1/s1. The quantitative estimate of drug-likeness (QED) is 0.875. The summed E-state index contributed by atoms with van der Waals surface area (Å²) in [6, 6.07) is 3.88. The van der Waals surface area contributed by atoms with E-state index in [-0.39, 0.29) is 24.0 Å². The summed E-state index contributed by atoms with van der Waals surface area (Å²) in [5.41, 5.74) is 0. The molecule has 1 aromatic heterocycles. The monoisotopic (exact) mass is 252 g/mol. The van der Waals surface area contributed by atoms with Crippen LogP contribution in [0.3, 0.4) is 0 Å². The highest BCUT2D eigenvalue weighted by Crippen LogP contribution is 2.16. The van der Waals surface area contributed by atoms with Gasteiger partial charge in [0.2, 0.25) is 5.91 Å². The van der Waals surface area contributed by atoms with Crippen molar-refractivity contribution in [1.29, 1.82) is 0 Å². The Hall–Kier alpha value is -1.29. The summed E-state index contributed by atoms with van der Waals surface area (Å²) in [4.78, 5) is 13.8. The lowest BCUT2D eigenvalue weighted by molar-refractivity contribution is -0.133. The van der Waals surface area contributed by atoms with Gasteiger partial charge >= 0.3 is 0 Å². The molecule has 0 aromatic carbocycles. The Balaban J connectivity index is 2.59. The van der Waals surface area contributed by atoms with Gasteiger partial charge in [0.15, 0.2) is 0 Å². The number of nitrogens with zero attached hydrogens (tertiary/aromatic N) is 1. The summed E-state index contributed by atoms with van der Waals surface area (Å²) in [6.07, 6.45) is 0. The van der Waals surface area contributed by atoms with E-state index in [2.05, 4.69) is 5.32 Å². The Morgan fingerprint density at radius 3 is 2.33 bits per heavy atom. The second-order valence-electron chi connectivity index (χ2n) is 5.10. The zero-order chi connectivity index (χ0) is 13.9. The molecule has 102 valence electrons. The molecule has 0 bridgehead atoms. The first-order valence-electron chi connectivity index (χ1n) is 6.42. The van der Waals surface area contributed by atoms with E-state index in [0.29, 0.717) is 0 Å². The number of nitrogens with one attached hydrogen (secondary N) is 1. The van der Waals surface area contributed by atoms with Gasteiger partial charge in [-0.1, -0.05) is 0 Å². The molecule has 0 aliphatic carbocycles. The molecule has 0 aliphatic heterocycles. The number of hydrogen-bond acceptors (Lipinski definition) is 3. The van der Waals surface area contributed by atoms with E-state index in [1.165, 1.54) is 0 Å². The van der Waals surface area contributed by atoms with Gasteiger partial charge in [0, 0.05) is 13.1 Å². The van der Waals surface area contributed by atoms with Crippen molar-refractivity contribution < 1.29 is 9.21 Å². The number of furan rings is 1. The van der Waals surface area contributed by atoms with Crippen molar-refractivity contribution in [3.05, 3.63) is 23.7 Å². The molecule has 1 amide bonds. The molecule has 0 fully saturated rings. The third kappa shape index (κ3) is 3.60. The summed E-state index contributed by atoms with van der Waals surface area (Å²) < 4.78 is 5.55. The van der Waals surface area contributed by atoms with Gasteiger partial charge < -0.3 is 9.32 Å². The highest BCUT2D eigenvalue weighted by molar-refractivity contribution is 5.81. The highest BCUT2D eigenvalue weighted by atomic mass is 16.3. The summed E-state index contributed by atoms with van der Waals surface area (Å²) in [6.45, 7) is 9.80. The van der Waals surface area contributed by atoms with E-state index in [1.807, 2.05) is 53.8 Å². The predicted molar refractivity (Wildman–Crippen MR) is 72.4 cm³/mol. The fourth-order valence-electron chi connectivity index (χ4n) is 1.77. The van der Waals surface area contributed by atoms with E-state index >= 15 is 0 Å². The van der Waals surface area contributed by atoms with Gasteiger partial charge in [0.05, 0.1) is 12.1 Å². The average Bonchev–Trinajstić information content (AvgIpc) is 2.73. The molecule has 0 aliphatic rings. The first-order valence-corrected chi connectivity index (χ1v) is 6.42. The molecule has 0 spiro atoms. The van der Waals surface area contributed by atoms with E-state index in [0.717, 1.165) is 11.5 Å². The first-order chi connectivity index (χ1) is 8.32. The normalized spacial score (nSPS) is 14.6. The highest BCUT2D eigenvalue weighted by Gasteiger charge is 2.22. The van der Waals surface area contributed by atoms with Crippen LogP contribution in [-0.2, 0) is 4.79 Å². The fourth-order valence-corrected chi connectivity index (χ4v) is 1.77. The molecule has 1 heterocycles. The minimum absolute atomic E-state index is 0.0261. The maximum Gasteiger partial charge on any atom is 0.239 e. The molecule has 18 heavy (non-hydrogen) atoms. The van der Waals surface area contributed by atoms with Crippen LogP contribution in [0.4, 0.5) is 0 Å². The molecule has 1 aromatic rings. The van der Waals surface area contributed by atoms with Crippen LogP contribution in [0.25, 0.3) is 0 Å². The lowest BCUT2D eigenvalue weighted by Gasteiger charge is -2.27. The van der Waals surface area contributed by atoms with Crippen molar-refractivity contribution in [2.45, 2.75) is 52.7 Å². The molecule has 1 rings (SSSR count). The van der Waals surface area contributed by atoms with Crippen LogP contribution < -0.4 is 5.32 Å². The molecule has 0 unspecified atom stereocenters. The van der Waals surface area contributed by atoms with Crippen LogP contribution >= 0.6 is 0 Å². The maximum absolute atomic E-state index is 12.1. The van der Waals surface area contributed by atoms with Crippen molar-refractivity contribution in [1.82, 2.24) is 10.2 Å². The van der Waals surface area contributed by atoms with Crippen molar-refractivity contribution in [3.63, 3.8) is 0 Å². The molecular weight excluding hydrogens is 228 g/mol. The molecule has 0 saturated heterocycles. The van der Waals surface area contributed by atoms with Gasteiger partial charge in [-0.15, -0.1) is 0 Å². The van der Waals surface area contributed by atoms with Crippen molar-refractivity contribution in [2.75, 3.05) is 7.05 Å². The molecular formula is C14H24N2O2. The minimum atomic E-state index is -0.224. The smallest absolute Gasteiger partial charge is 0.239 e. The summed E-state index contributed by atoms with van der Waals surface area (Å²) >= 11 is 0. The van der Waals surface area contributed by atoms with E-state index in [9.17, 15) is 4.79 Å². The van der Waals surface area contributed by atoms with Gasteiger partial charge in [-0.3, -0.25) is 10.1 Å². The average molecular weight is 252 g/mol. The Morgan fingerprint density at radius 2 is 1.89 bits per heavy atom. The van der Waals surface area contributed by atoms with E-state index in [4.69, 9.17) is 4.42 Å². The van der Waals surface area contributed by atoms with Gasteiger partial charge in [-0.05, 0) is 46.8 Å². The maximum atomic E-state index is 12.1. The number of carbonyl (C=O) groups excluding carboxylic acids is 1.